The van der Waals surface area contributed by atoms with Crippen molar-refractivity contribution in [2.75, 3.05) is 7.11 Å². The normalized spacial score (nSPS) is 10.4. The number of methoxy groups -OCH3 is 1. The van der Waals surface area contributed by atoms with Gasteiger partial charge in [-0.05, 0) is 38.5 Å². The zero-order valence-electron chi connectivity index (χ0n) is 12.0. The van der Waals surface area contributed by atoms with Crippen LogP contribution in [0.2, 0.25) is 0 Å². The third kappa shape index (κ3) is 2.82. The Hall–Kier alpha value is -2.30. The highest BCUT2D eigenvalue weighted by atomic mass is 16.5. The first-order valence-electron chi connectivity index (χ1n) is 6.26. The fourth-order valence-electron chi connectivity index (χ4n) is 1.89. The fourth-order valence-corrected chi connectivity index (χ4v) is 1.89. The highest BCUT2D eigenvalue weighted by molar-refractivity contribution is 5.92. The molecule has 1 heterocycles. The number of rotatable bonds is 4. The predicted molar refractivity (Wildman–Crippen MR) is 72.8 cm³/mol. The lowest BCUT2D eigenvalue weighted by molar-refractivity contribution is 0.0595. The van der Waals surface area contributed by atoms with Crippen LogP contribution in [0, 0.1) is 20.8 Å². The molecule has 0 saturated heterocycles. The van der Waals surface area contributed by atoms with E-state index in [-0.39, 0.29) is 0 Å². The van der Waals surface area contributed by atoms with Gasteiger partial charge < -0.3 is 14.0 Å². The van der Waals surface area contributed by atoms with Crippen LogP contribution < -0.4 is 4.74 Å². The van der Waals surface area contributed by atoms with Crippen LogP contribution in [0.25, 0.3) is 0 Å². The van der Waals surface area contributed by atoms with Crippen LogP contribution in [0.1, 0.15) is 32.9 Å². The topological polar surface area (TPSA) is 61.6 Å². The molecule has 0 aliphatic heterocycles. The molecule has 106 valence electrons. The Labute approximate surface area is 117 Å². The third-order valence-corrected chi connectivity index (χ3v) is 3.10. The van der Waals surface area contributed by atoms with E-state index in [4.69, 9.17) is 14.0 Å². The molecule has 5 nitrogen and oxygen atoms in total. The van der Waals surface area contributed by atoms with Crippen LogP contribution >= 0.6 is 0 Å². The van der Waals surface area contributed by atoms with Crippen LogP contribution in [0.15, 0.2) is 22.7 Å². The summed E-state index contributed by atoms with van der Waals surface area (Å²) >= 11 is 0. The van der Waals surface area contributed by atoms with E-state index >= 15 is 0 Å². The molecular weight excluding hydrogens is 258 g/mol. The summed E-state index contributed by atoms with van der Waals surface area (Å²) in [4.78, 5) is 11.7. The molecule has 0 aliphatic carbocycles. The van der Waals surface area contributed by atoms with Gasteiger partial charge in [0.15, 0.2) is 0 Å². The van der Waals surface area contributed by atoms with Crippen LogP contribution in [0.4, 0.5) is 0 Å². The van der Waals surface area contributed by atoms with E-state index in [0.29, 0.717) is 17.9 Å². The summed E-state index contributed by atoms with van der Waals surface area (Å²) in [6, 6.07) is 5.35. The molecule has 0 N–H and O–H groups in total. The molecular formula is C15H17NO4. The highest BCUT2D eigenvalue weighted by Gasteiger charge is 2.15. The van der Waals surface area contributed by atoms with Crippen molar-refractivity contribution >= 4 is 5.97 Å². The maximum absolute atomic E-state index is 11.7. The van der Waals surface area contributed by atoms with Gasteiger partial charge in [0.2, 0.25) is 0 Å². The van der Waals surface area contributed by atoms with Gasteiger partial charge in [-0.15, -0.1) is 0 Å². The molecule has 0 unspecified atom stereocenters. The number of aryl methyl sites for hydroxylation is 3. The predicted octanol–water partition coefficient (Wildman–Crippen LogP) is 2.97. The standard InChI is InChI=1S/C15H17NO4/c1-9-5-6-12(15(17)18-4)14(7-9)19-8-13-10(2)16-20-11(13)3/h5-7H,8H2,1-4H3. The SMILES string of the molecule is COC(=O)c1ccc(C)cc1OCc1c(C)noc1C. The molecule has 20 heavy (non-hydrogen) atoms. The second-order valence-corrected chi connectivity index (χ2v) is 4.58. The first-order chi connectivity index (χ1) is 9.52. The summed E-state index contributed by atoms with van der Waals surface area (Å²) in [5.41, 5.74) is 3.09. The van der Waals surface area contributed by atoms with Crippen molar-refractivity contribution < 1.29 is 18.8 Å². The smallest absolute Gasteiger partial charge is 0.341 e. The minimum absolute atomic E-state index is 0.300. The van der Waals surface area contributed by atoms with E-state index < -0.39 is 5.97 Å². The molecule has 2 aromatic rings. The summed E-state index contributed by atoms with van der Waals surface area (Å²) in [5.74, 6) is 0.797. The van der Waals surface area contributed by atoms with Gasteiger partial charge in [0, 0.05) is 0 Å². The van der Waals surface area contributed by atoms with Crippen LogP contribution in [-0.2, 0) is 11.3 Å². The molecule has 1 aromatic heterocycles. The van der Waals surface area contributed by atoms with Crippen molar-refractivity contribution in [1.29, 1.82) is 0 Å². The average molecular weight is 275 g/mol. The van der Waals surface area contributed by atoms with E-state index in [1.165, 1.54) is 7.11 Å². The second kappa shape index (κ2) is 5.77. The Kier molecular flexibility index (Phi) is 4.08. The Morgan fingerprint density at radius 1 is 1.30 bits per heavy atom. The van der Waals surface area contributed by atoms with E-state index in [1.807, 2.05) is 32.9 Å². The Morgan fingerprint density at radius 3 is 2.65 bits per heavy atom. The zero-order valence-corrected chi connectivity index (χ0v) is 12.0. The number of hydrogen-bond donors (Lipinski definition) is 0. The largest absolute Gasteiger partial charge is 0.488 e. The molecule has 0 fully saturated rings. The summed E-state index contributed by atoms with van der Waals surface area (Å²) in [6.45, 7) is 5.92. The summed E-state index contributed by atoms with van der Waals surface area (Å²) in [6.07, 6.45) is 0. The van der Waals surface area contributed by atoms with E-state index in [9.17, 15) is 4.79 Å². The number of aromatic nitrogens is 1. The molecule has 0 radical (unpaired) electrons. The molecule has 0 amide bonds. The lowest BCUT2D eigenvalue weighted by atomic mass is 10.1. The minimum atomic E-state index is -0.418. The highest BCUT2D eigenvalue weighted by Crippen LogP contribution is 2.23. The van der Waals surface area contributed by atoms with Crippen molar-refractivity contribution in [1.82, 2.24) is 5.16 Å². The summed E-state index contributed by atoms with van der Waals surface area (Å²) in [5, 5.41) is 3.87. The summed E-state index contributed by atoms with van der Waals surface area (Å²) < 4.78 is 15.6. The second-order valence-electron chi connectivity index (χ2n) is 4.58. The number of esters is 1. The fraction of sp³-hybridized carbons (Fsp3) is 0.333. The summed E-state index contributed by atoms with van der Waals surface area (Å²) in [7, 11) is 1.35. The van der Waals surface area contributed by atoms with Crippen LogP contribution in [0.3, 0.4) is 0 Å². The van der Waals surface area contributed by atoms with Crippen LogP contribution in [0.5, 0.6) is 5.75 Å². The van der Waals surface area contributed by atoms with Gasteiger partial charge in [-0.3, -0.25) is 0 Å². The molecule has 0 spiro atoms. The molecule has 0 atom stereocenters. The Bertz CT molecular complexity index is 611. The van der Waals surface area contributed by atoms with Crippen molar-refractivity contribution in [3.05, 3.63) is 46.3 Å². The van der Waals surface area contributed by atoms with Crippen molar-refractivity contribution in [2.24, 2.45) is 0 Å². The number of hydrogen-bond acceptors (Lipinski definition) is 5. The van der Waals surface area contributed by atoms with Gasteiger partial charge in [0.1, 0.15) is 23.7 Å². The molecule has 2 rings (SSSR count). The molecule has 0 bridgehead atoms. The maximum atomic E-state index is 11.7. The molecule has 0 aliphatic rings. The van der Waals surface area contributed by atoms with Gasteiger partial charge in [0.05, 0.1) is 18.4 Å². The van der Waals surface area contributed by atoms with E-state index in [2.05, 4.69) is 5.16 Å². The number of ether oxygens (including phenoxy) is 2. The van der Waals surface area contributed by atoms with Gasteiger partial charge in [-0.25, -0.2) is 4.79 Å². The molecule has 1 aromatic carbocycles. The van der Waals surface area contributed by atoms with Gasteiger partial charge in [0.25, 0.3) is 0 Å². The Balaban J connectivity index is 2.24. The lowest BCUT2D eigenvalue weighted by Gasteiger charge is -2.11. The number of carbonyl (C=O) groups is 1. The maximum Gasteiger partial charge on any atom is 0.341 e. The van der Waals surface area contributed by atoms with Crippen molar-refractivity contribution in [3.8, 4) is 5.75 Å². The van der Waals surface area contributed by atoms with E-state index in [1.54, 1.807) is 6.07 Å². The van der Waals surface area contributed by atoms with Gasteiger partial charge >= 0.3 is 5.97 Å². The Morgan fingerprint density at radius 2 is 2.05 bits per heavy atom. The first-order valence-corrected chi connectivity index (χ1v) is 6.26. The van der Waals surface area contributed by atoms with Crippen molar-refractivity contribution in [3.63, 3.8) is 0 Å². The molecule has 0 saturated carbocycles. The monoisotopic (exact) mass is 275 g/mol. The average Bonchev–Trinajstić information content (AvgIpc) is 2.75. The first kappa shape index (κ1) is 14.1. The van der Waals surface area contributed by atoms with Crippen LogP contribution in [-0.4, -0.2) is 18.2 Å². The van der Waals surface area contributed by atoms with Gasteiger partial charge in [-0.2, -0.15) is 0 Å². The number of carbonyl (C=O) groups excluding carboxylic acids is 1. The zero-order chi connectivity index (χ0) is 14.7. The third-order valence-electron chi connectivity index (χ3n) is 3.10. The molecule has 5 heteroatoms. The van der Waals surface area contributed by atoms with E-state index in [0.717, 1.165) is 22.6 Å². The number of nitrogens with zero attached hydrogens (tertiary/aromatic N) is 1. The van der Waals surface area contributed by atoms with Gasteiger partial charge in [-0.1, -0.05) is 11.2 Å². The number of benzene rings is 1. The lowest BCUT2D eigenvalue weighted by Crippen LogP contribution is -2.06. The quantitative estimate of drug-likeness (QED) is 0.803. The van der Waals surface area contributed by atoms with Crippen molar-refractivity contribution in [2.45, 2.75) is 27.4 Å². The minimum Gasteiger partial charge on any atom is -0.488 e.